The van der Waals surface area contributed by atoms with Crippen LogP contribution >= 0.6 is 0 Å². The molecule has 0 fully saturated rings. The minimum absolute atomic E-state index is 0.296. The molecule has 1 aliphatic rings. The van der Waals surface area contributed by atoms with Crippen LogP contribution in [0.15, 0.2) is 42.0 Å². The molecule has 1 atom stereocenters. The molecule has 1 heterocycles. The van der Waals surface area contributed by atoms with Crippen LogP contribution in [-0.2, 0) is 14.3 Å². The first-order valence-corrected chi connectivity index (χ1v) is 7.75. The minimum atomic E-state index is -0.592. The Balaban J connectivity index is 2.30. The maximum absolute atomic E-state index is 12.5. The number of ether oxygens (including phenoxy) is 2. The van der Waals surface area contributed by atoms with E-state index in [-0.39, 0.29) is 0 Å². The first-order chi connectivity index (χ1) is 10.8. The lowest BCUT2D eigenvalue weighted by Crippen LogP contribution is -2.38. The average molecular weight is 317 g/mol. The summed E-state index contributed by atoms with van der Waals surface area (Å²) >= 11 is 0. The maximum atomic E-state index is 12.5. The fraction of sp³-hybridized carbons (Fsp3) is 0.444. The van der Waals surface area contributed by atoms with Crippen molar-refractivity contribution < 1.29 is 19.1 Å². The summed E-state index contributed by atoms with van der Waals surface area (Å²) in [6, 6.07) is 8.95. The third kappa shape index (κ3) is 4.12. The van der Waals surface area contributed by atoms with Gasteiger partial charge in [0.1, 0.15) is 5.60 Å². The highest BCUT2D eigenvalue weighted by Crippen LogP contribution is 2.35. The van der Waals surface area contributed by atoms with Crippen molar-refractivity contribution in [1.82, 2.24) is 4.90 Å². The molecule has 124 valence electrons. The molecule has 0 N–H and O–H groups in total. The molecule has 0 saturated heterocycles. The molecule has 0 aliphatic carbocycles. The van der Waals surface area contributed by atoms with Crippen molar-refractivity contribution in [3.8, 4) is 0 Å². The van der Waals surface area contributed by atoms with Crippen LogP contribution < -0.4 is 0 Å². The lowest BCUT2D eigenvalue weighted by molar-refractivity contribution is -0.139. The number of hydrogen-bond acceptors (Lipinski definition) is 4. The number of carbonyl (C=O) groups is 2. The zero-order valence-electron chi connectivity index (χ0n) is 14.0. The van der Waals surface area contributed by atoms with Gasteiger partial charge in [0.2, 0.25) is 0 Å². The van der Waals surface area contributed by atoms with E-state index in [2.05, 4.69) is 0 Å². The molecule has 0 aromatic heterocycles. The van der Waals surface area contributed by atoms with Crippen LogP contribution in [0, 0.1) is 0 Å². The first-order valence-electron chi connectivity index (χ1n) is 7.75. The first kappa shape index (κ1) is 17.1. The second-order valence-corrected chi connectivity index (χ2v) is 6.33. The number of carbonyl (C=O) groups excluding carboxylic acids is 2. The van der Waals surface area contributed by atoms with Gasteiger partial charge in [-0.25, -0.2) is 9.59 Å². The van der Waals surface area contributed by atoms with Gasteiger partial charge in [0.15, 0.2) is 0 Å². The van der Waals surface area contributed by atoms with Crippen molar-refractivity contribution in [2.75, 3.05) is 13.2 Å². The third-order valence-corrected chi connectivity index (χ3v) is 3.37. The van der Waals surface area contributed by atoms with Crippen LogP contribution in [0.3, 0.4) is 0 Å². The second-order valence-electron chi connectivity index (χ2n) is 6.33. The summed E-state index contributed by atoms with van der Waals surface area (Å²) in [4.78, 5) is 26.3. The summed E-state index contributed by atoms with van der Waals surface area (Å²) in [6.07, 6.45) is 1.29. The van der Waals surface area contributed by atoms with Crippen LogP contribution in [0.25, 0.3) is 0 Å². The predicted molar refractivity (Wildman–Crippen MR) is 86.8 cm³/mol. The Hall–Kier alpha value is -2.30. The topological polar surface area (TPSA) is 55.8 Å². The molecule has 1 unspecified atom stereocenters. The van der Waals surface area contributed by atoms with Crippen LogP contribution in [0.1, 0.15) is 39.3 Å². The van der Waals surface area contributed by atoms with Crippen molar-refractivity contribution in [2.45, 2.75) is 39.3 Å². The lowest BCUT2D eigenvalue weighted by atomic mass is 10.00. The van der Waals surface area contributed by atoms with Gasteiger partial charge < -0.3 is 9.47 Å². The molecule has 5 heteroatoms. The van der Waals surface area contributed by atoms with Crippen molar-refractivity contribution in [3.05, 3.63) is 47.5 Å². The van der Waals surface area contributed by atoms with Gasteiger partial charge in [-0.15, -0.1) is 0 Å². The van der Waals surface area contributed by atoms with Crippen molar-refractivity contribution in [1.29, 1.82) is 0 Å². The number of amides is 1. The van der Waals surface area contributed by atoms with Gasteiger partial charge >= 0.3 is 12.1 Å². The summed E-state index contributed by atoms with van der Waals surface area (Å²) < 4.78 is 10.6. The fourth-order valence-corrected chi connectivity index (χ4v) is 2.49. The van der Waals surface area contributed by atoms with E-state index in [1.165, 1.54) is 0 Å². The highest BCUT2D eigenvalue weighted by molar-refractivity contribution is 5.92. The summed E-state index contributed by atoms with van der Waals surface area (Å²) in [5, 5.41) is 0. The second kappa shape index (κ2) is 6.86. The maximum Gasteiger partial charge on any atom is 0.411 e. The SMILES string of the molecule is CCOC(=O)C1=CCN(C(=O)OC(C)(C)C)C1c1ccccc1. The van der Waals surface area contributed by atoms with Crippen LogP contribution in [-0.4, -0.2) is 35.7 Å². The zero-order chi connectivity index (χ0) is 17.0. The molecule has 1 aromatic carbocycles. The monoisotopic (exact) mass is 317 g/mol. The summed E-state index contributed by atoms with van der Waals surface area (Å²) in [6.45, 7) is 7.83. The number of rotatable bonds is 3. The van der Waals surface area contributed by atoms with E-state index in [9.17, 15) is 9.59 Å². The van der Waals surface area contributed by atoms with Crippen LogP contribution in [0.4, 0.5) is 4.79 Å². The Labute approximate surface area is 136 Å². The molecule has 2 rings (SSSR count). The summed E-state index contributed by atoms with van der Waals surface area (Å²) in [7, 11) is 0. The molecule has 0 saturated carbocycles. The Morgan fingerprint density at radius 2 is 1.87 bits per heavy atom. The number of hydrogen-bond donors (Lipinski definition) is 0. The molecule has 5 nitrogen and oxygen atoms in total. The molecule has 0 bridgehead atoms. The highest BCUT2D eigenvalue weighted by atomic mass is 16.6. The van der Waals surface area contributed by atoms with Crippen molar-refractivity contribution in [3.63, 3.8) is 0 Å². The van der Waals surface area contributed by atoms with Gasteiger partial charge in [0, 0.05) is 6.54 Å². The van der Waals surface area contributed by atoms with Gasteiger partial charge in [-0.2, -0.15) is 0 Å². The Morgan fingerprint density at radius 3 is 2.43 bits per heavy atom. The summed E-state index contributed by atoms with van der Waals surface area (Å²) in [5.41, 5.74) is 0.740. The van der Waals surface area contributed by atoms with Gasteiger partial charge in [0.05, 0.1) is 18.2 Å². The number of nitrogens with zero attached hydrogens (tertiary/aromatic N) is 1. The minimum Gasteiger partial charge on any atom is -0.463 e. The van der Waals surface area contributed by atoms with E-state index in [1.807, 2.05) is 51.1 Å². The van der Waals surface area contributed by atoms with Gasteiger partial charge in [-0.3, -0.25) is 4.90 Å². The van der Waals surface area contributed by atoms with E-state index < -0.39 is 23.7 Å². The standard InChI is InChI=1S/C18H23NO4/c1-5-22-16(20)14-11-12-19(17(21)23-18(2,3)4)15(14)13-9-7-6-8-10-13/h6-11,15H,5,12H2,1-4H3. The average Bonchev–Trinajstić information content (AvgIpc) is 2.91. The molecule has 0 spiro atoms. The van der Waals surface area contributed by atoms with E-state index in [4.69, 9.17) is 9.47 Å². The highest BCUT2D eigenvalue weighted by Gasteiger charge is 2.38. The van der Waals surface area contributed by atoms with E-state index in [0.29, 0.717) is 18.7 Å². The van der Waals surface area contributed by atoms with Gasteiger partial charge in [0.25, 0.3) is 0 Å². The molecular weight excluding hydrogens is 294 g/mol. The quantitative estimate of drug-likeness (QED) is 0.801. The molecule has 23 heavy (non-hydrogen) atoms. The van der Waals surface area contributed by atoms with Crippen molar-refractivity contribution >= 4 is 12.1 Å². The summed E-state index contributed by atoms with van der Waals surface area (Å²) in [5.74, 6) is -0.396. The number of benzene rings is 1. The molecular formula is C18H23NO4. The van der Waals surface area contributed by atoms with E-state index in [0.717, 1.165) is 5.56 Å². The largest absolute Gasteiger partial charge is 0.463 e. The molecule has 1 aliphatic heterocycles. The Bertz CT molecular complexity index is 601. The van der Waals surface area contributed by atoms with Crippen molar-refractivity contribution in [2.24, 2.45) is 0 Å². The third-order valence-electron chi connectivity index (χ3n) is 3.37. The molecule has 0 radical (unpaired) electrons. The van der Waals surface area contributed by atoms with Crippen LogP contribution in [0.2, 0.25) is 0 Å². The van der Waals surface area contributed by atoms with Gasteiger partial charge in [-0.1, -0.05) is 36.4 Å². The van der Waals surface area contributed by atoms with E-state index >= 15 is 0 Å². The van der Waals surface area contributed by atoms with Gasteiger partial charge in [-0.05, 0) is 33.3 Å². The molecule has 1 aromatic rings. The smallest absolute Gasteiger partial charge is 0.411 e. The fourth-order valence-electron chi connectivity index (χ4n) is 2.49. The predicted octanol–water partition coefficient (Wildman–Crippen LogP) is 3.47. The lowest BCUT2D eigenvalue weighted by Gasteiger charge is -2.30. The number of esters is 1. The van der Waals surface area contributed by atoms with E-state index in [1.54, 1.807) is 17.9 Å². The Kier molecular flexibility index (Phi) is 5.08. The zero-order valence-corrected chi connectivity index (χ0v) is 14.0. The van der Waals surface area contributed by atoms with Crippen LogP contribution in [0.5, 0.6) is 0 Å². The Morgan fingerprint density at radius 1 is 1.22 bits per heavy atom. The molecule has 1 amide bonds. The normalized spacial score (nSPS) is 17.7.